The molecular weight excluding hydrogens is 561 g/mol. The molecule has 8 rings (SSSR count). The third-order valence-electron chi connectivity index (χ3n) is 7.76. The molecule has 0 atom stereocenters. The first-order valence-electron chi connectivity index (χ1n) is 13.3. The molecule has 8 aromatic rings. The lowest BCUT2D eigenvalue weighted by atomic mass is 10.0. The van der Waals surface area contributed by atoms with Crippen molar-refractivity contribution in [1.82, 2.24) is 0 Å². The van der Waals surface area contributed by atoms with Crippen molar-refractivity contribution >= 4 is 72.9 Å². The lowest BCUT2D eigenvalue weighted by Crippen LogP contribution is -2.01. The molecule has 0 aliphatic rings. The quantitative estimate of drug-likeness (QED) is 0.207. The second-order valence-corrected chi connectivity index (χ2v) is 14.2. The number of fused-ring (bicyclic) bond motifs is 6. The van der Waals surface area contributed by atoms with Crippen molar-refractivity contribution in [2.75, 3.05) is 0 Å². The maximum Gasteiger partial charge on any atom is 0.206 e. The van der Waals surface area contributed by atoms with E-state index in [0.717, 1.165) is 22.3 Å². The van der Waals surface area contributed by atoms with Crippen LogP contribution >= 0.6 is 22.7 Å². The zero-order valence-electron chi connectivity index (χ0n) is 21.7. The van der Waals surface area contributed by atoms with E-state index in [-0.39, 0.29) is 0 Å². The lowest BCUT2D eigenvalue weighted by Gasteiger charge is -2.09. The molecule has 0 fully saturated rings. The van der Waals surface area contributed by atoms with Crippen molar-refractivity contribution in [2.45, 2.75) is 9.79 Å². The largest absolute Gasteiger partial charge is 0.219 e. The van der Waals surface area contributed by atoms with Crippen LogP contribution < -0.4 is 0 Å². The van der Waals surface area contributed by atoms with E-state index in [0.29, 0.717) is 9.79 Å². The summed E-state index contributed by atoms with van der Waals surface area (Å²) in [4.78, 5) is 0.591. The van der Waals surface area contributed by atoms with Crippen molar-refractivity contribution in [1.29, 1.82) is 0 Å². The number of benzene rings is 6. The number of sulfone groups is 1. The van der Waals surface area contributed by atoms with Crippen molar-refractivity contribution in [3.05, 3.63) is 133 Å². The van der Waals surface area contributed by atoms with E-state index in [1.54, 1.807) is 46.9 Å². The number of hydrogen-bond acceptors (Lipinski definition) is 4. The highest BCUT2D eigenvalue weighted by atomic mass is 32.2. The SMILES string of the molecule is O=S(=O)(c1ccc(-c2cccc3c2sc2ccccc23)cc1)c1ccc(-c2cccc3c2sc2ccccc23)cc1. The zero-order valence-corrected chi connectivity index (χ0v) is 24.2. The van der Waals surface area contributed by atoms with Gasteiger partial charge in [0.15, 0.2) is 0 Å². The maximum absolute atomic E-state index is 13.6. The Morgan fingerprint density at radius 3 is 1.22 bits per heavy atom. The molecule has 0 radical (unpaired) electrons. The van der Waals surface area contributed by atoms with Crippen molar-refractivity contribution in [3.8, 4) is 22.3 Å². The monoisotopic (exact) mass is 582 g/mol. The van der Waals surface area contributed by atoms with Crippen LogP contribution in [0.15, 0.2) is 143 Å². The van der Waals surface area contributed by atoms with Crippen molar-refractivity contribution in [3.63, 3.8) is 0 Å². The summed E-state index contributed by atoms with van der Waals surface area (Å²) in [5.41, 5.74) is 4.25. The van der Waals surface area contributed by atoms with Crippen LogP contribution in [0.25, 0.3) is 62.6 Å². The summed E-state index contributed by atoms with van der Waals surface area (Å²) in [5.74, 6) is 0. The highest BCUT2D eigenvalue weighted by Crippen LogP contribution is 2.41. The number of thiophene rings is 2. The molecule has 0 bridgehead atoms. The van der Waals surface area contributed by atoms with Crippen LogP contribution in [0, 0.1) is 0 Å². The van der Waals surface area contributed by atoms with Gasteiger partial charge in [0.1, 0.15) is 0 Å². The molecule has 0 aliphatic carbocycles. The average Bonchev–Trinajstić information content (AvgIpc) is 3.60. The van der Waals surface area contributed by atoms with Crippen LogP contribution in [-0.2, 0) is 9.84 Å². The summed E-state index contributed by atoms with van der Waals surface area (Å²) in [5, 5.41) is 4.96. The Morgan fingerprint density at radius 2 is 0.780 bits per heavy atom. The third-order valence-corrected chi connectivity index (χ3v) is 12.0. The molecular formula is C36H22O2S3. The van der Waals surface area contributed by atoms with E-state index in [1.165, 1.54) is 40.3 Å². The fourth-order valence-electron chi connectivity index (χ4n) is 5.71. The molecule has 6 aromatic carbocycles. The minimum atomic E-state index is -3.66. The number of rotatable bonds is 4. The first kappa shape index (κ1) is 24.5. The topological polar surface area (TPSA) is 34.1 Å². The fourth-order valence-corrected chi connectivity index (χ4v) is 9.45. The summed E-state index contributed by atoms with van der Waals surface area (Å²) in [6, 6.07) is 44.1. The average molecular weight is 583 g/mol. The van der Waals surface area contributed by atoms with Crippen LogP contribution in [-0.4, -0.2) is 8.42 Å². The van der Waals surface area contributed by atoms with E-state index < -0.39 is 9.84 Å². The van der Waals surface area contributed by atoms with Gasteiger partial charge in [0.05, 0.1) is 9.79 Å². The van der Waals surface area contributed by atoms with Gasteiger partial charge in [-0.05, 0) is 58.7 Å². The van der Waals surface area contributed by atoms with Gasteiger partial charge < -0.3 is 0 Å². The van der Waals surface area contributed by atoms with Gasteiger partial charge in [-0.25, -0.2) is 8.42 Å². The Labute approximate surface area is 245 Å². The van der Waals surface area contributed by atoms with Crippen LogP contribution in [0.4, 0.5) is 0 Å². The van der Waals surface area contributed by atoms with E-state index in [2.05, 4.69) is 84.9 Å². The van der Waals surface area contributed by atoms with Crippen molar-refractivity contribution < 1.29 is 8.42 Å². The van der Waals surface area contributed by atoms with E-state index in [1.807, 2.05) is 24.3 Å². The molecule has 0 saturated heterocycles. The molecule has 0 amide bonds. The molecule has 0 spiro atoms. The Kier molecular flexibility index (Phi) is 5.61. The van der Waals surface area contributed by atoms with Gasteiger partial charge in [0.2, 0.25) is 9.84 Å². The molecule has 0 aliphatic heterocycles. The van der Waals surface area contributed by atoms with E-state index in [4.69, 9.17) is 0 Å². The van der Waals surface area contributed by atoms with E-state index >= 15 is 0 Å². The molecule has 0 saturated carbocycles. The maximum atomic E-state index is 13.6. The first-order chi connectivity index (χ1) is 20.1. The molecule has 0 unspecified atom stereocenters. The van der Waals surface area contributed by atoms with Gasteiger partial charge in [-0.1, -0.05) is 97.1 Å². The highest BCUT2D eigenvalue weighted by molar-refractivity contribution is 7.91. The third kappa shape index (κ3) is 3.92. The van der Waals surface area contributed by atoms with Gasteiger partial charge in [-0.3, -0.25) is 0 Å². The highest BCUT2D eigenvalue weighted by Gasteiger charge is 2.19. The summed E-state index contributed by atoms with van der Waals surface area (Å²) >= 11 is 3.55. The van der Waals surface area contributed by atoms with E-state index in [9.17, 15) is 8.42 Å². The Hall–Kier alpha value is -4.29. The molecule has 2 heterocycles. The van der Waals surface area contributed by atoms with Gasteiger partial charge in [0.25, 0.3) is 0 Å². The Balaban J connectivity index is 1.13. The first-order valence-corrected chi connectivity index (χ1v) is 16.5. The van der Waals surface area contributed by atoms with Gasteiger partial charge in [-0.15, -0.1) is 22.7 Å². The lowest BCUT2D eigenvalue weighted by molar-refractivity contribution is 0.596. The van der Waals surface area contributed by atoms with Crippen LogP contribution in [0.3, 0.4) is 0 Å². The minimum absolute atomic E-state index is 0.295. The van der Waals surface area contributed by atoms with Crippen LogP contribution in [0.2, 0.25) is 0 Å². The Morgan fingerprint density at radius 1 is 0.390 bits per heavy atom. The Bertz CT molecular complexity index is 2200. The minimum Gasteiger partial charge on any atom is -0.219 e. The van der Waals surface area contributed by atoms with Crippen molar-refractivity contribution in [2.24, 2.45) is 0 Å². The van der Waals surface area contributed by atoms with Crippen LogP contribution in [0.5, 0.6) is 0 Å². The predicted octanol–water partition coefficient (Wildman–Crippen LogP) is 10.6. The van der Waals surface area contributed by atoms with Gasteiger partial charge in [-0.2, -0.15) is 0 Å². The molecule has 2 aromatic heterocycles. The molecule has 41 heavy (non-hydrogen) atoms. The van der Waals surface area contributed by atoms with Gasteiger partial charge in [0, 0.05) is 40.3 Å². The second kappa shape index (κ2) is 9.38. The molecule has 196 valence electrons. The standard InChI is InChI=1S/C36H22O2S3/c37-41(38,25-19-15-23(16-20-25)27-9-5-11-31-29-7-1-3-13-33(29)39-35(27)31)26-21-17-24(18-22-26)28-10-6-12-32-30-8-2-4-14-34(30)40-36(28)32/h1-22H. The normalized spacial score (nSPS) is 12.1. The van der Waals surface area contributed by atoms with Crippen LogP contribution in [0.1, 0.15) is 0 Å². The molecule has 5 heteroatoms. The predicted molar refractivity (Wildman–Crippen MR) is 175 cm³/mol. The van der Waals surface area contributed by atoms with Gasteiger partial charge >= 0.3 is 0 Å². The second-order valence-electron chi connectivity index (χ2n) is 10.1. The summed E-state index contributed by atoms with van der Waals surface area (Å²) in [6.45, 7) is 0. The summed E-state index contributed by atoms with van der Waals surface area (Å²) in [6.07, 6.45) is 0. The zero-order chi connectivity index (χ0) is 27.6. The fraction of sp³-hybridized carbons (Fsp3) is 0. The number of hydrogen-bond donors (Lipinski definition) is 0. The summed E-state index contributed by atoms with van der Waals surface area (Å²) in [7, 11) is -3.66. The molecule has 0 N–H and O–H groups in total. The molecule has 2 nitrogen and oxygen atoms in total. The summed E-state index contributed by atoms with van der Waals surface area (Å²) < 4.78 is 32.1. The smallest absolute Gasteiger partial charge is 0.206 e.